The van der Waals surface area contributed by atoms with Crippen LogP contribution in [0, 0.1) is 13.8 Å². The highest BCUT2D eigenvalue weighted by atomic mass is 79.9. The number of aliphatic imine (C=N–C) groups is 1. The molecule has 164 valence electrons. The minimum atomic E-state index is 0.00660. The highest BCUT2D eigenvalue weighted by Gasteiger charge is 2.32. The fourth-order valence-corrected chi connectivity index (χ4v) is 5.29. The molecule has 0 bridgehead atoms. The fraction of sp³-hybridized carbons (Fsp3) is 0.231. The highest BCUT2D eigenvalue weighted by Crippen LogP contribution is 2.35. The van der Waals surface area contributed by atoms with Gasteiger partial charge in [0.2, 0.25) is 0 Å². The quantitative estimate of drug-likeness (QED) is 0.347. The molecule has 2 aromatic carbocycles. The van der Waals surface area contributed by atoms with Gasteiger partial charge in [0.15, 0.2) is 5.17 Å². The van der Waals surface area contributed by atoms with Gasteiger partial charge < -0.3 is 4.57 Å². The largest absolute Gasteiger partial charge is 0.318 e. The van der Waals surface area contributed by atoms with E-state index in [-0.39, 0.29) is 5.91 Å². The van der Waals surface area contributed by atoms with Gasteiger partial charge in [0.05, 0.1) is 10.6 Å². The van der Waals surface area contributed by atoms with Crippen LogP contribution in [0.3, 0.4) is 0 Å². The van der Waals surface area contributed by atoms with E-state index in [1.165, 1.54) is 23.0 Å². The third-order valence-electron chi connectivity index (χ3n) is 5.63. The molecule has 32 heavy (non-hydrogen) atoms. The lowest BCUT2D eigenvalue weighted by Crippen LogP contribution is -2.28. The summed E-state index contributed by atoms with van der Waals surface area (Å²) >= 11 is 4.89. The van der Waals surface area contributed by atoms with E-state index in [9.17, 15) is 4.79 Å². The lowest BCUT2D eigenvalue weighted by atomic mass is 10.1. The van der Waals surface area contributed by atoms with E-state index in [0.29, 0.717) is 11.4 Å². The summed E-state index contributed by atoms with van der Waals surface area (Å²) in [6, 6.07) is 18.4. The van der Waals surface area contributed by atoms with E-state index in [4.69, 9.17) is 4.99 Å². The molecule has 4 rings (SSSR count). The average Bonchev–Trinajstić information content (AvgIpc) is 3.24. The lowest BCUT2D eigenvalue weighted by molar-refractivity contribution is -0.122. The monoisotopic (exact) mass is 507 g/mol. The molecular weight excluding hydrogens is 482 g/mol. The van der Waals surface area contributed by atoms with Gasteiger partial charge in [-0.25, -0.2) is 4.99 Å². The molecule has 1 aromatic heterocycles. The number of aromatic nitrogens is 1. The van der Waals surface area contributed by atoms with Crippen molar-refractivity contribution in [3.63, 3.8) is 0 Å². The standard InChI is InChI=1S/C26H26BrN3OS/c1-5-19-9-7-8-10-23(19)30-17(3)15-20(18(30)4)16-24-25(31)29(6-2)26(32-24)28-22-13-11-21(27)12-14-22/h7-16H,5-6H2,1-4H3/b24-16-,28-26?. The van der Waals surface area contributed by atoms with Crippen molar-refractivity contribution < 1.29 is 4.79 Å². The van der Waals surface area contributed by atoms with Gasteiger partial charge in [-0.15, -0.1) is 0 Å². The Bertz CT molecular complexity index is 1220. The maximum absolute atomic E-state index is 13.1. The Morgan fingerprint density at radius 2 is 1.78 bits per heavy atom. The van der Waals surface area contributed by atoms with E-state index in [2.05, 4.69) is 71.6 Å². The first kappa shape index (κ1) is 22.6. The molecule has 1 aliphatic rings. The molecule has 1 fully saturated rings. The van der Waals surface area contributed by atoms with Crippen molar-refractivity contribution in [1.82, 2.24) is 9.47 Å². The molecule has 6 heteroatoms. The molecule has 2 heterocycles. The van der Waals surface area contributed by atoms with Crippen molar-refractivity contribution in [3.05, 3.63) is 86.5 Å². The van der Waals surface area contributed by atoms with Gasteiger partial charge >= 0.3 is 0 Å². The van der Waals surface area contributed by atoms with Gasteiger partial charge in [0.25, 0.3) is 5.91 Å². The number of hydrogen-bond acceptors (Lipinski definition) is 3. The highest BCUT2D eigenvalue weighted by molar-refractivity contribution is 9.10. The molecule has 0 spiro atoms. The number of amides is 1. The van der Waals surface area contributed by atoms with Crippen LogP contribution >= 0.6 is 27.7 Å². The number of amidine groups is 1. The molecule has 0 N–H and O–H groups in total. The van der Waals surface area contributed by atoms with Crippen LogP contribution in [0.5, 0.6) is 0 Å². The van der Waals surface area contributed by atoms with Gasteiger partial charge in [0.1, 0.15) is 0 Å². The summed E-state index contributed by atoms with van der Waals surface area (Å²) in [5.74, 6) is 0.00660. The third-order valence-corrected chi connectivity index (χ3v) is 7.16. The van der Waals surface area contributed by atoms with Crippen LogP contribution in [0.4, 0.5) is 5.69 Å². The second-order valence-corrected chi connectivity index (χ2v) is 9.60. The summed E-state index contributed by atoms with van der Waals surface area (Å²) in [5, 5.41) is 0.719. The van der Waals surface area contributed by atoms with E-state index in [1.54, 1.807) is 4.90 Å². The Morgan fingerprint density at radius 3 is 2.47 bits per heavy atom. The summed E-state index contributed by atoms with van der Waals surface area (Å²) in [6.45, 7) is 8.97. The molecule has 1 aliphatic heterocycles. The minimum absolute atomic E-state index is 0.00660. The van der Waals surface area contributed by atoms with Crippen molar-refractivity contribution in [2.75, 3.05) is 6.54 Å². The van der Waals surface area contributed by atoms with Crippen molar-refractivity contribution in [2.24, 2.45) is 4.99 Å². The first-order valence-electron chi connectivity index (χ1n) is 10.8. The summed E-state index contributed by atoms with van der Waals surface area (Å²) in [5.41, 5.74) is 6.68. The molecule has 0 radical (unpaired) electrons. The predicted octanol–water partition coefficient (Wildman–Crippen LogP) is 7.04. The first-order valence-corrected chi connectivity index (χ1v) is 12.4. The van der Waals surface area contributed by atoms with Gasteiger partial charge in [-0.05, 0) is 92.6 Å². The summed E-state index contributed by atoms with van der Waals surface area (Å²) in [6.07, 6.45) is 2.98. The Hall–Kier alpha value is -2.57. The molecule has 0 unspecified atom stereocenters. The zero-order valence-electron chi connectivity index (χ0n) is 18.7. The molecule has 0 saturated carbocycles. The number of likely N-dealkylation sites (N-methyl/N-ethyl adjacent to an activating group) is 1. The number of nitrogens with zero attached hydrogens (tertiary/aromatic N) is 3. The fourth-order valence-electron chi connectivity index (χ4n) is 3.97. The van der Waals surface area contributed by atoms with Gasteiger partial charge in [0, 0.05) is 28.1 Å². The number of para-hydroxylation sites is 1. The third kappa shape index (κ3) is 4.34. The second-order valence-electron chi connectivity index (χ2n) is 7.68. The smallest absolute Gasteiger partial charge is 0.266 e. The van der Waals surface area contributed by atoms with Crippen LogP contribution in [0.1, 0.15) is 36.4 Å². The van der Waals surface area contributed by atoms with Gasteiger partial charge in [-0.3, -0.25) is 9.69 Å². The topological polar surface area (TPSA) is 37.6 Å². The van der Waals surface area contributed by atoms with Crippen LogP contribution in [-0.2, 0) is 11.2 Å². The molecule has 4 nitrogen and oxygen atoms in total. The Labute approximate surface area is 202 Å². The van der Waals surface area contributed by atoms with E-state index in [0.717, 1.165) is 38.7 Å². The zero-order valence-corrected chi connectivity index (χ0v) is 21.1. The molecular formula is C26H26BrN3OS. The first-order chi connectivity index (χ1) is 15.4. The van der Waals surface area contributed by atoms with Crippen molar-refractivity contribution in [1.29, 1.82) is 0 Å². The molecule has 0 atom stereocenters. The number of thioether (sulfide) groups is 1. The Kier molecular flexibility index (Phi) is 6.72. The SMILES string of the molecule is CCc1ccccc1-n1c(C)cc(/C=C2\SC(=Nc3ccc(Br)cc3)N(CC)C2=O)c1C. The number of carbonyl (C=O) groups is 1. The molecule has 1 saturated heterocycles. The summed E-state index contributed by atoms with van der Waals surface area (Å²) in [7, 11) is 0. The number of benzene rings is 2. The normalized spacial score (nSPS) is 16.5. The van der Waals surface area contributed by atoms with Crippen LogP contribution in [-0.4, -0.2) is 27.1 Å². The summed E-state index contributed by atoms with van der Waals surface area (Å²) in [4.78, 5) is 20.3. The predicted molar refractivity (Wildman–Crippen MR) is 139 cm³/mol. The maximum atomic E-state index is 13.1. The number of halogens is 1. The molecule has 3 aromatic rings. The van der Waals surface area contributed by atoms with Crippen LogP contribution in [0.2, 0.25) is 0 Å². The second kappa shape index (κ2) is 9.51. The van der Waals surface area contributed by atoms with E-state index in [1.807, 2.05) is 37.3 Å². The van der Waals surface area contributed by atoms with Crippen molar-refractivity contribution >= 4 is 50.5 Å². The van der Waals surface area contributed by atoms with Crippen molar-refractivity contribution in [2.45, 2.75) is 34.1 Å². The molecule has 0 aliphatic carbocycles. The van der Waals surface area contributed by atoms with Gasteiger partial charge in [-0.2, -0.15) is 0 Å². The van der Waals surface area contributed by atoms with E-state index >= 15 is 0 Å². The van der Waals surface area contributed by atoms with E-state index < -0.39 is 0 Å². The number of hydrogen-bond donors (Lipinski definition) is 0. The number of rotatable bonds is 5. The number of carbonyl (C=O) groups excluding carboxylic acids is 1. The Morgan fingerprint density at radius 1 is 1.06 bits per heavy atom. The van der Waals surface area contributed by atoms with Crippen molar-refractivity contribution in [3.8, 4) is 5.69 Å². The summed E-state index contributed by atoms with van der Waals surface area (Å²) < 4.78 is 3.29. The lowest BCUT2D eigenvalue weighted by Gasteiger charge is -2.14. The van der Waals surface area contributed by atoms with Crippen LogP contribution in [0.15, 0.2) is 69.0 Å². The van der Waals surface area contributed by atoms with Crippen LogP contribution in [0.25, 0.3) is 11.8 Å². The van der Waals surface area contributed by atoms with Gasteiger partial charge in [-0.1, -0.05) is 41.1 Å². The average molecular weight is 508 g/mol. The zero-order chi connectivity index (χ0) is 22.8. The maximum Gasteiger partial charge on any atom is 0.266 e. The van der Waals surface area contributed by atoms with Crippen LogP contribution < -0.4 is 0 Å². The number of aryl methyl sites for hydroxylation is 2. The Balaban J connectivity index is 1.71. The molecule has 1 amide bonds. The minimum Gasteiger partial charge on any atom is -0.318 e.